The van der Waals surface area contributed by atoms with Crippen LogP contribution in [0.25, 0.3) is 0 Å². The average Bonchev–Trinajstić information content (AvgIpc) is 2.24. The Labute approximate surface area is 116 Å². The van der Waals surface area contributed by atoms with Gasteiger partial charge in [0.15, 0.2) is 0 Å². The average molecular weight is 263 g/mol. The summed E-state index contributed by atoms with van der Waals surface area (Å²) in [6, 6.07) is 0. The molecule has 2 fully saturated rings. The van der Waals surface area contributed by atoms with Crippen LogP contribution in [0.2, 0.25) is 0 Å². The lowest BCUT2D eigenvalue weighted by Crippen LogP contribution is -2.48. The van der Waals surface area contributed by atoms with Crippen LogP contribution < -0.4 is 0 Å². The van der Waals surface area contributed by atoms with Gasteiger partial charge in [-0.15, -0.1) is 12.3 Å². The molecule has 0 atom stereocenters. The first kappa shape index (κ1) is 14.4. The first-order valence-electron chi connectivity index (χ1n) is 7.22. The van der Waals surface area contributed by atoms with Gasteiger partial charge in [0.1, 0.15) is 5.60 Å². The maximum absolute atomic E-state index is 11.8. The summed E-state index contributed by atoms with van der Waals surface area (Å²) in [6.45, 7) is 8.14. The topological polar surface area (TPSA) is 29.5 Å². The number of carbonyl (C=O) groups is 1. The van der Waals surface area contributed by atoms with Crippen molar-refractivity contribution in [1.82, 2.24) is 4.90 Å². The van der Waals surface area contributed by atoms with Crippen LogP contribution in [0.15, 0.2) is 0 Å². The third-order valence-electron chi connectivity index (χ3n) is 4.28. The Morgan fingerprint density at radius 2 is 1.95 bits per heavy atom. The number of piperidine rings is 1. The van der Waals surface area contributed by atoms with Crippen molar-refractivity contribution in [2.75, 3.05) is 19.6 Å². The molecule has 0 aromatic carbocycles. The van der Waals surface area contributed by atoms with E-state index in [1.54, 1.807) is 0 Å². The Morgan fingerprint density at radius 1 is 1.37 bits per heavy atom. The van der Waals surface area contributed by atoms with E-state index in [2.05, 4.69) is 10.8 Å². The van der Waals surface area contributed by atoms with Gasteiger partial charge in [0.05, 0.1) is 6.54 Å². The fourth-order valence-corrected chi connectivity index (χ4v) is 3.25. The molecular weight excluding hydrogens is 238 g/mol. The molecule has 1 saturated carbocycles. The number of carbonyl (C=O) groups excluding carboxylic acids is 1. The molecule has 1 aliphatic heterocycles. The summed E-state index contributed by atoms with van der Waals surface area (Å²) in [4.78, 5) is 14.0. The monoisotopic (exact) mass is 263 g/mol. The van der Waals surface area contributed by atoms with Crippen LogP contribution in [0.1, 0.15) is 46.5 Å². The molecule has 0 bridgehead atoms. The molecular formula is C16H25NO2. The number of ether oxygens (including phenoxy) is 1. The molecule has 2 rings (SSSR count). The van der Waals surface area contributed by atoms with Crippen molar-refractivity contribution < 1.29 is 9.53 Å². The quantitative estimate of drug-likeness (QED) is 0.566. The van der Waals surface area contributed by atoms with Crippen molar-refractivity contribution in [2.45, 2.75) is 52.1 Å². The summed E-state index contributed by atoms with van der Waals surface area (Å²) in [5, 5.41) is 0. The van der Waals surface area contributed by atoms with Crippen LogP contribution in [0, 0.1) is 23.7 Å². The Kier molecular flexibility index (Phi) is 3.92. The van der Waals surface area contributed by atoms with Crippen LogP contribution in [0.3, 0.4) is 0 Å². The fraction of sp³-hybridized carbons (Fsp3) is 0.812. The van der Waals surface area contributed by atoms with E-state index in [0.717, 1.165) is 13.1 Å². The lowest BCUT2D eigenvalue weighted by Gasteiger charge is -2.50. The lowest BCUT2D eigenvalue weighted by atomic mass is 9.58. The Bertz CT molecular complexity index is 373. The molecule has 1 spiro atoms. The van der Waals surface area contributed by atoms with Crippen LogP contribution in [0.5, 0.6) is 0 Å². The van der Waals surface area contributed by atoms with E-state index >= 15 is 0 Å². The molecule has 0 aromatic rings. The predicted molar refractivity (Wildman–Crippen MR) is 75.5 cm³/mol. The largest absolute Gasteiger partial charge is 0.459 e. The molecule has 0 amide bonds. The predicted octanol–water partition coefficient (Wildman–Crippen LogP) is 2.45. The highest BCUT2D eigenvalue weighted by molar-refractivity contribution is 5.72. The molecule has 3 heteroatoms. The van der Waals surface area contributed by atoms with Crippen LogP contribution in [-0.2, 0) is 9.53 Å². The van der Waals surface area contributed by atoms with Crippen molar-refractivity contribution >= 4 is 5.97 Å². The van der Waals surface area contributed by atoms with E-state index in [0.29, 0.717) is 17.9 Å². The Hall–Kier alpha value is -1.01. The fourth-order valence-electron chi connectivity index (χ4n) is 3.25. The summed E-state index contributed by atoms with van der Waals surface area (Å²) in [5.74, 6) is 3.24. The van der Waals surface area contributed by atoms with E-state index in [1.807, 2.05) is 20.8 Å². The SMILES string of the molecule is C#CC1CC2(CCN(CC(=O)OC(C)(C)C)CC2)C1. The number of likely N-dealkylation sites (tertiary alicyclic amines) is 1. The standard InChI is InChI=1S/C16H25NO2/c1-5-13-10-16(11-13)6-8-17(9-7-16)12-14(18)19-15(2,3)4/h1,13H,6-12H2,2-4H3. The van der Waals surface area contributed by atoms with Gasteiger partial charge in [0, 0.05) is 5.92 Å². The lowest BCUT2D eigenvalue weighted by molar-refractivity contribution is -0.157. The second-order valence-electron chi connectivity index (χ2n) is 7.13. The van der Waals surface area contributed by atoms with Crippen molar-refractivity contribution in [2.24, 2.45) is 11.3 Å². The molecule has 2 aliphatic rings. The third-order valence-corrected chi connectivity index (χ3v) is 4.28. The summed E-state index contributed by atoms with van der Waals surface area (Å²) in [5.41, 5.74) is 0.101. The third kappa shape index (κ3) is 3.73. The van der Waals surface area contributed by atoms with E-state index in [9.17, 15) is 4.79 Å². The van der Waals surface area contributed by atoms with Crippen LogP contribution in [-0.4, -0.2) is 36.1 Å². The van der Waals surface area contributed by atoms with E-state index in [4.69, 9.17) is 11.2 Å². The molecule has 3 nitrogen and oxygen atoms in total. The second-order valence-corrected chi connectivity index (χ2v) is 7.13. The highest BCUT2D eigenvalue weighted by Gasteiger charge is 2.45. The maximum atomic E-state index is 11.8. The molecule has 0 unspecified atom stereocenters. The first-order valence-corrected chi connectivity index (χ1v) is 7.22. The van der Waals surface area contributed by atoms with Crippen LogP contribution >= 0.6 is 0 Å². The molecule has 1 saturated heterocycles. The van der Waals surface area contributed by atoms with E-state index in [1.165, 1.54) is 25.7 Å². The summed E-state index contributed by atoms with van der Waals surface area (Å²) in [6.07, 6.45) is 10.2. The molecule has 0 N–H and O–H groups in total. The Balaban J connectivity index is 1.73. The minimum absolute atomic E-state index is 0.112. The number of rotatable bonds is 2. The number of hydrogen-bond donors (Lipinski definition) is 0. The van der Waals surface area contributed by atoms with Gasteiger partial charge in [-0.05, 0) is 65.0 Å². The Morgan fingerprint density at radius 3 is 2.42 bits per heavy atom. The minimum atomic E-state index is -0.387. The second kappa shape index (κ2) is 5.17. The molecule has 1 heterocycles. The normalized spacial score (nSPS) is 23.7. The minimum Gasteiger partial charge on any atom is -0.459 e. The van der Waals surface area contributed by atoms with Crippen molar-refractivity contribution in [1.29, 1.82) is 0 Å². The summed E-state index contributed by atoms with van der Waals surface area (Å²) < 4.78 is 5.36. The highest BCUT2D eigenvalue weighted by atomic mass is 16.6. The van der Waals surface area contributed by atoms with Gasteiger partial charge in [0.2, 0.25) is 0 Å². The van der Waals surface area contributed by atoms with Crippen molar-refractivity contribution in [3.8, 4) is 12.3 Å². The van der Waals surface area contributed by atoms with Crippen molar-refractivity contribution in [3.63, 3.8) is 0 Å². The number of esters is 1. The van der Waals surface area contributed by atoms with Gasteiger partial charge in [-0.25, -0.2) is 0 Å². The van der Waals surface area contributed by atoms with E-state index < -0.39 is 0 Å². The highest BCUT2D eigenvalue weighted by Crippen LogP contribution is 2.52. The van der Waals surface area contributed by atoms with Gasteiger partial charge in [-0.1, -0.05) is 0 Å². The van der Waals surface area contributed by atoms with Crippen molar-refractivity contribution in [3.05, 3.63) is 0 Å². The van der Waals surface area contributed by atoms with Gasteiger partial charge < -0.3 is 4.74 Å². The number of hydrogen-bond acceptors (Lipinski definition) is 3. The zero-order valence-corrected chi connectivity index (χ0v) is 12.4. The zero-order valence-electron chi connectivity index (χ0n) is 12.4. The number of terminal acetylenes is 1. The molecule has 0 aromatic heterocycles. The molecule has 0 radical (unpaired) electrons. The number of nitrogens with zero attached hydrogens (tertiary/aromatic N) is 1. The van der Waals surface area contributed by atoms with Gasteiger partial charge >= 0.3 is 5.97 Å². The van der Waals surface area contributed by atoms with E-state index in [-0.39, 0.29) is 11.6 Å². The molecule has 106 valence electrons. The van der Waals surface area contributed by atoms with Crippen LogP contribution in [0.4, 0.5) is 0 Å². The van der Waals surface area contributed by atoms with Gasteiger partial charge in [-0.3, -0.25) is 9.69 Å². The maximum Gasteiger partial charge on any atom is 0.320 e. The smallest absolute Gasteiger partial charge is 0.320 e. The zero-order chi connectivity index (χ0) is 14.1. The molecule has 1 aliphatic carbocycles. The van der Waals surface area contributed by atoms with Gasteiger partial charge in [-0.2, -0.15) is 0 Å². The van der Waals surface area contributed by atoms with Gasteiger partial charge in [0.25, 0.3) is 0 Å². The first-order chi connectivity index (χ1) is 8.82. The summed E-state index contributed by atoms with van der Waals surface area (Å²) in [7, 11) is 0. The summed E-state index contributed by atoms with van der Waals surface area (Å²) >= 11 is 0. The molecule has 19 heavy (non-hydrogen) atoms.